The molecule has 3 rings (SSSR count). The summed E-state index contributed by atoms with van der Waals surface area (Å²) >= 11 is 6.18. The second-order valence-electron chi connectivity index (χ2n) is 5.18. The van der Waals surface area contributed by atoms with Crippen molar-refractivity contribution >= 4 is 17.8 Å². The minimum Gasteiger partial charge on any atom is -0.486 e. The Morgan fingerprint density at radius 2 is 2.26 bits per heavy atom. The third kappa shape index (κ3) is 3.67. The zero-order chi connectivity index (χ0) is 16.2. The molecule has 1 aliphatic rings. The van der Waals surface area contributed by atoms with Crippen LogP contribution in [0.1, 0.15) is 17.2 Å². The molecule has 0 bridgehead atoms. The first-order chi connectivity index (χ1) is 11.2. The van der Waals surface area contributed by atoms with Gasteiger partial charge in [0.2, 0.25) is 0 Å². The summed E-state index contributed by atoms with van der Waals surface area (Å²) in [7, 11) is 0. The first-order valence-corrected chi connectivity index (χ1v) is 7.68. The van der Waals surface area contributed by atoms with Crippen molar-refractivity contribution in [1.82, 2.24) is 15.1 Å². The molecule has 0 spiro atoms. The standard InChI is InChI=1S/C16H18ClN3O3/c1-2-20-10-11(8-19-20)7-18-9-14(21)12-5-13(17)16-15(6-12)22-3-4-23-16/h2,5-6,8,10,14,18,21H,1,3-4,7,9H2. The third-order valence-electron chi connectivity index (χ3n) is 3.51. The first-order valence-electron chi connectivity index (χ1n) is 7.31. The van der Waals surface area contributed by atoms with E-state index in [2.05, 4.69) is 17.0 Å². The Morgan fingerprint density at radius 3 is 3.04 bits per heavy atom. The van der Waals surface area contributed by atoms with E-state index in [1.165, 1.54) is 0 Å². The number of nitrogens with zero attached hydrogens (tertiary/aromatic N) is 2. The smallest absolute Gasteiger partial charge is 0.179 e. The fourth-order valence-corrected chi connectivity index (χ4v) is 2.64. The van der Waals surface area contributed by atoms with E-state index in [1.54, 1.807) is 29.2 Å². The van der Waals surface area contributed by atoms with Crippen molar-refractivity contribution in [3.63, 3.8) is 0 Å². The van der Waals surface area contributed by atoms with Gasteiger partial charge in [0.1, 0.15) is 13.2 Å². The van der Waals surface area contributed by atoms with E-state index in [-0.39, 0.29) is 0 Å². The second-order valence-corrected chi connectivity index (χ2v) is 5.59. The lowest BCUT2D eigenvalue weighted by Gasteiger charge is -2.21. The molecule has 2 N–H and O–H groups in total. The van der Waals surface area contributed by atoms with Crippen molar-refractivity contribution in [1.29, 1.82) is 0 Å². The van der Waals surface area contributed by atoms with E-state index in [9.17, 15) is 5.11 Å². The number of nitrogens with one attached hydrogen (secondary N) is 1. The summed E-state index contributed by atoms with van der Waals surface area (Å²) in [6.07, 6.45) is 4.54. The van der Waals surface area contributed by atoms with E-state index < -0.39 is 6.10 Å². The van der Waals surface area contributed by atoms with Gasteiger partial charge in [-0.15, -0.1) is 0 Å². The fourth-order valence-electron chi connectivity index (χ4n) is 2.36. The Bertz CT molecular complexity index is 702. The molecule has 0 radical (unpaired) electrons. The van der Waals surface area contributed by atoms with Crippen LogP contribution in [0.4, 0.5) is 0 Å². The topological polar surface area (TPSA) is 68.5 Å². The fraction of sp³-hybridized carbons (Fsp3) is 0.312. The molecule has 2 aromatic rings. The Labute approximate surface area is 139 Å². The molecule has 7 heteroatoms. The van der Waals surface area contributed by atoms with E-state index >= 15 is 0 Å². The molecule has 1 aromatic heterocycles. The van der Waals surface area contributed by atoms with E-state index in [0.29, 0.717) is 48.4 Å². The zero-order valence-electron chi connectivity index (χ0n) is 12.5. The molecule has 2 heterocycles. The van der Waals surface area contributed by atoms with Gasteiger partial charge in [0.15, 0.2) is 11.5 Å². The van der Waals surface area contributed by atoms with Crippen LogP contribution in [0.25, 0.3) is 6.20 Å². The molecule has 23 heavy (non-hydrogen) atoms. The molecule has 0 saturated carbocycles. The lowest BCUT2D eigenvalue weighted by molar-refractivity contribution is 0.163. The largest absolute Gasteiger partial charge is 0.486 e. The van der Waals surface area contributed by atoms with Gasteiger partial charge in [-0.05, 0) is 17.7 Å². The molecule has 1 atom stereocenters. The summed E-state index contributed by atoms with van der Waals surface area (Å²) in [5, 5.41) is 18.1. The SMILES string of the molecule is C=Cn1cc(CNCC(O)c2cc(Cl)c3c(c2)OCCO3)cn1. The number of hydrogen-bond donors (Lipinski definition) is 2. The van der Waals surface area contributed by atoms with Crippen LogP contribution >= 0.6 is 11.6 Å². The number of aliphatic hydroxyl groups excluding tert-OH is 1. The van der Waals surface area contributed by atoms with Crippen LogP contribution in [0.5, 0.6) is 11.5 Å². The molecular formula is C16H18ClN3O3. The molecule has 1 aromatic carbocycles. The second kappa shape index (κ2) is 7.04. The summed E-state index contributed by atoms with van der Waals surface area (Å²) in [6.45, 7) is 5.59. The van der Waals surface area contributed by atoms with Gasteiger partial charge < -0.3 is 19.9 Å². The molecular weight excluding hydrogens is 318 g/mol. The highest BCUT2D eigenvalue weighted by Gasteiger charge is 2.19. The maximum atomic E-state index is 10.3. The van der Waals surface area contributed by atoms with Crippen molar-refractivity contribution in [3.8, 4) is 11.5 Å². The molecule has 0 amide bonds. The lowest BCUT2D eigenvalue weighted by atomic mass is 10.1. The van der Waals surface area contributed by atoms with Gasteiger partial charge in [-0.2, -0.15) is 5.10 Å². The lowest BCUT2D eigenvalue weighted by Crippen LogP contribution is -2.21. The van der Waals surface area contributed by atoms with Gasteiger partial charge in [-0.3, -0.25) is 0 Å². The number of benzene rings is 1. The van der Waals surface area contributed by atoms with Crippen molar-refractivity contribution in [3.05, 3.63) is 47.3 Å². The highest BCUT2D eigenvalue weighted by molar-refractivity contribution is 6.32. The Hall–Kier alpha value is -2.02. The van der Waals surface area contributed by atoms with Gasteiger partial charge in [-0.1, -0.05) is 18.2 Å². The Kier molecular flexibility index (Phi) is 4.85. The van der Waals surface area contributed by atoms with Crippen LogP contribution < -0.4 is 14.8 Å². The highest BCUT2D eigenvalue weighted by atomic mass is 35.5. The molecule has 1 unspecified atom stereocenters. The summed E-state index contributed by atoms with van der Waals surface area (Å²) in [5.41, 5.74) is 1.70. The quantitative estimate of drug-likeness (QED) is 0.847. The minimum absolute atomic E-state index is 0.384. The number of halogens is 1. The highest BCUT2D eigenvalue weighted by Crippen LogP contribution is 2.39. The summed E-state index contributed by atoms with van der Waals surface area (Å²) in [6, 6.07) is 3.47. The summed E-state index contributed by atoms with van der Waals surface area (Å²) in [5.74, 6) is 1.11. The number of aromatic nitrogens is 2. The number of hydrogen-bond acceptors (Lipinski definition) is 5. The third-order valence-corrected chi connectivity index (χ3v) is 3.79. The maximum absolute atomic E-state index is 10.3. The van der Waals surface area contributed by atoms with Gasteiger partial charge in [0.25, 0.3) is 0 Å². The van der Waals surface area contributed by atoms with E-state index in [4.69, 9.17) is 21.1 Å². The van der Waals surface area contributed by atoms with Crippen LogP contribution in [0.3, 0.4) is 0 Å². The first kappa shape index (κ1) is 15.9. The van der Waals surface area contributed by atoms with Crippen LogP contribution in [0, 0.1) is 0 Å². The van der Waals surface area contributed by atoms with Crippen LogP contribution in [0.15, 0.2) is 31.1 Å². The van der Waals surface area contributed by atoms with Crippen LogP contribution in [0.2, 0.25) is 5.02 Å². The number of ether oxygens (including phenoxy) is 2. The number of fused-ring (bicyclic) bond motifs is 1. The molecule has 0 saturated heterocycles. The summed E-state index contributed by atoms with van der Waals surface area (Å²) in [4.78, 5) is 0. The zero-order valence-corrected chi connectivity index (χ0v) is 13.3. The number of aliphatic hydroxyl groups is 1. The number of rotatable bonds is 6. The van der Waals surface area contributed by atoms with Crippen molar-refractivity contribution in [2.75, 3.05) is 19.8 Å². The van der Waals surface area contributed by atoms with Gasteiger partial charge >= 0.3 is 0 Å². The Morgan fingerprint density at radius 1 is 1.43 bits per heavy atom. The van der Waals surface area contributed by atoms with Crippen molar-refractivity contribution in [2.24, 2.45) is 0 Å². The van der Waals surface area contributed by atoms with E-state index in [1.807, 2.05) is 6.20 Å². The van der Waals surface area contributed by atoms with Crippen LogP contribution in [-0.2, 0) is 6.54 Å². The maximum Gasteiger partial charge on any atom is 0.179 e. The normalized spacial score (nSPS) is 14.5. The predicted octanol–water partition coefficient (Wildman–Crippen LogP) is 2.23. The average molecular weight is 336 g/mol. The molecule has 6 nitrogen and oxygen atoms in total. The van der Waals surface area contributed by atoms with Gasteiger partial charge in [0, 0.05) is 31.0 Å². The molecule has 122 valence electrons. The average Bonchev–Trinajstić information content (AvgIpc) is 3.02. The predicted molar refractivity (Wildman–Crippen MR) is 87.7 cm³/mol. The summed E-state index contributed by atoms with van der Waals surface area (Å²) < 4.78 is 12.6. The van der Waals surface area contributed by atoms with Crippen molar-refractivity contribution < 1.29 is 14.6 Å². The van der Waals surface area contributed by atoms with Crippen LogP contribution in [-0.4, -0.2) is 34.6 Å². The van der Waals surface area contributed by atoms with E-state index in [0.717, 1.165) is 5.56 Å². The molecule has 0 fully saturated rings. The molecule has 1 aliphatic heterocycles. The molecule has 0 aliphatic carbocycles. The van der Waals surface area contributed by atoms with Gasteiger partial charge in [0.05, 0.1) is 17.3 Å². The Balaban J connectivity index is 1.60. The monoisotopic (exact) mass is 335 g/mol. The minimum atomic E-state index is -0.697. The van der Waals surface area contributed by atoms with Crippen molar-refractivity contribution in [2.45, 2.75) is 12.6 Å². The van der Waals surface area contributed by atoms with Gasteiger partial charge in [-0.25, -0.2) is 4.68 Å².